The van der Waals surface area contributed by atoms with E-state index in [1.54, 1.807) is 43.3 Å². The maximum absolute atomic E-state index is 13.6. The van der Waals surface area contributed by atoms with Crippen LogP contribution in [0.15, 0.2) is 65.6 Å². The van der Waals surface area contributed by atoms with E-state index in [4.69, 9.17) is 16.3 Å². The zero-order chi connectivity index (χ0) is 23.5. The van der Waals surface area contributed by atoms with Crippen LogP contribution in [-0.4, -0.2) is 28.0 Å². The Bertz CT molecular complexity index is 1250. The molecule has 9 heteroatoms. The first-order chi connectivity index (χ1) is 15.1. The highest BCUT2D eigenvalue weighted by Crippen LogP contribution is 2.31. The highest BCUT2D eigenvalue weighted by atomic mass is 35.5. The molecule has 0 aliphatic heterocycles. The Labute approximate surface area is 191 Å². The lowest BCUT2D eigenvalue weighted by Crippen LogP contribution is -2.38. The molecular formula is C23H22ClFN2O4S. The fourth-order valence-corrected chi connectivity index (χ4v) is 4.88. The molecule has 3 aromatic rings. The molecular weight excluding hydrogens is 455 g/mol. The Balaban J connectivity index is 2.00. The summed E-state index contributed by atoms with van der Waals surface area (Å²) in [5, 5.41) is 2.40. The summed E-state index contributed by atoms with van der Waals surface area (Å²) in [7, 11) is -2.79. The molecule has 1 N–H and O–H groups in total. The normalized spacial score (nSPS) is 11.2. The second-order valence-corrected chi connectivity index (χ2v) is 9.42. The largest absolute Gasteiger partial charge is 0.495 e. The summed E-state index contributed by atoms with van der Waals surface area (Å²) in [6.45, 7) is 3.12. The minimum Gasteiger partial charge on any atom is -0.495 e. The molecule has 6 nitrogen and oxygen atoms in total. The molecule has 3 rings (SSSR count). The van der Waals surface area contributed by atoms with Crippen LogP contribution in [0.5, 0.6) is 5.75 Å². The third-order valence-corrected chi connectivity index (χ3v) is 6.78. The summed E-state index contributed by atoms with van der Waals surface area (Å²) in [4.78, 5) is 12.7. The lowest BCUT2D eigenvalue weighted by atomic mass is 10.2. The Kier molecular flexibility index (Phi) is 7.06. The molecule has 0 fully saturated rings. The van der Waals surface area contributed by atoms with Crippen molar-refractivity contribution < 1.29 is 22.3 Å². The van der Waals surface area contributed by atoms with Gasteiger partial charge in [-0.25, -0.2) is 12.8 Å². The molecule has 0 atom stereocenters. The van der Waals surface area contributed by atoms with Crippen molar-refractivity contribution in [2.75, 3.05) is 23.3 Å². The smallest absolute Gasteiger partial charge is 0.268 e. The second-order valence-electron chi connectivity index (χ2n) is 7.18. The van der Waals surface area contributed by atoms with Gasteiger partial charge in [-0.05, 0) is 61.9 Å². The van der Waals surface area contributed by atoms with Crippen LogP contribution in [0.3, 0.4) is 0 Å². The van der Waals surface area contributed by atoms with Crippen molar-refractivity contribution >= 4 is 38.9 Å². The van der Waals surface area contributed by atoms with Crippen LogP contribution in [0.2, 0.25) is 5.02 Å². The number of methoxy groups -OCH3 is 1. The zero-order valence-corrected chi connectivity index (χ0v) is 19.3. The van der Waals surface area contributed by atoms with E-state index in [9.17, 15) is 17.6 Å². The van der Waals surface area contributed by atoms with Crippen LogP contribution in [0, 0.1) is 19.7 Å². The van der Waals surface area contributed by atoms with Gasteiger partial charge in [0.25, 0.3) is 10.0 Å². The number of benzene rings is 3. The molecule has 0 unspecified atom stereocenters. The van der Waals surface area contributed by atoms with E-state index in [0.29, 0.717) is 5.69 Å². The number of carbonyl (C=O) groups is 1. The number of amides is 1. The fourth-order valence-electron chi connectivity index (χ4n) is 3.04. The molecule has 0 heterocycles. The van der Waals surface area contributed by atoms with Gasteiger partial charge >= 0.3 is 0 Å². The quantitative estimate of drug-likeness (QED) is 0.524. The number of ether oxygens (including phenoxy) is 1. The van der Waals surface area contributed by atoms with Crippen LogP contribution in [0.4, 0.5) is 15.8 Å². The Hall–Kier alpha value is -3.10. The predicted molar refractivity (Wildman–Crippen MR) is 123 cm³/mol. The summed E-state index contributed by atoms with van der Waals surface area (Å²) < 4.78 is 46.9. The van der Waals surface area contributed by atoms with Gasteiger partial charge in [0.15, 0.2) is 0 Å². The molecule has 0 saturated heterocycles. The Morgan fingerprint density at radius 3 is 2.31 bits per heavy atom. The highest BCUT2D eigenvalue weighted by molar-refractivity contribution is 7.93. The summed E-state index contributed by atoms with van der Waals surface area (Å²) in [6, 6.07) is 15.3. The first-order valence-corrected chi connectivity index (χ1v) is 11.4. The lowest BCUT2D eigenvalue weighted by molar-refractivity contribution is -0.114. The summed E-state index contributed by atoms with van der Waals surface area (Å²) >= 11 is 5.77. The molecule has 0 aliphatic rings. The predicted octanol–water partition coefficient (Wildman–Crippen LogP) is 4.94. The standard InChI is InChI=1S/C23H22ClFN2O4S/c1-15-4-8-18(9-5-15)27(14-23(28)26-17-7-10-20(25)19(24)13-17)32(29,30)22-12-16(2)6-11-21(22)31-3/h4-13H,14H2,1-3H3,(H,26,28). The van der Waals surface area contributed by atoms with Gasteiger partial charge in [-0.1, -0.05) is 35.4 Å². The van der Waals surface area contributed by atoms with Gasteiger partial charge < -0.3 is 10.1 Å². The van der Waals surface area contributed by atoms with Crippen LogP contribution < -0.4 is 14.4 Å². The molecule has 0 aliphatic carbocycles. The van der Waals surface area contributed by atoms with E-state index < -0.39 is 28.3 Å². The summed E-state index contributed by atoms with van der Waals surface area (Å²) in [5.74, 6) is -1.08. The number of hydrogen-bond acceptors (Lipinski definition) is 4. The molecule has 0 radical (unpaired) electrons. The molecule has 0 bridgehead atoms. The maximum Gasteiger partial charge on any atom is 0.268 e. The summed E-state index contributed by atoms with van der Waals surface area (Å²) in [5.41, 5.74) is 2.21. The number of rotatable bonds is 7. The van der Waals surface area contributed by atoms with Crippen molar-refractivity contribution in [1.82, 2.24) is 0 Å². The first-order valence-electron chi connectivity index (χ1n) is 9.61. The van der Waals surface area contributed by atoms with E-state index in [0.717, 1.165) is 21.5 Å². The van der Waals surface area contributed by atoms with Crippen LogP contribution >= 0.6 is 11.6 Å². The Morgan fingerprint density at radius 2 is 1.69 bits per heavy atom. The number of aryl methyl sites for hydroxylation is 2. The van der Waals surface area contributed by atoms with Crippen molar-refractivity contribution in [1.29, 1.82) is 0 Å². The maximum atomic E-state index is 13.6. The lowest BCUT2D eigenvalue weighted by Gasteiger charge is -2.25. The van der Waals surface area contributed by atoms with Crippen molar-refractivity contribution in [3.8, 4) is 5.75 Å². The van der Waals surface area contributed by atoms with Gasteiger partial charge in [0.2, 0.25) is 5.91 Å². The van der Waals surface area contributed by atoms with E-state index in [-0.39, 0.29) is 21.4 Å². The average molecular weight is 477 g/mol. The average Bonchev–Trinajstić information content (AvgIpc) is 2.75. The fraction of sp³-hybridized carbons (Fsp3) is 0.174. The monoisotopic (exact) mass is 476 g/mol. The second kappa shape index (κ2) is 9.58. The molecule has 32 heavy (non-hydrogen) atoms. The molecule has 1 amide bonds. The van der Waals surface area contributed by atoms with Crippen molar-refractivity contribution in [2.24, 2.45) is 0 Å². The third-order valence-electron chi connectivity index (χ3n) is 4.70. The summed E-state index contributed by atoms with van der Waals surface area (Å²) in [6.07, 6.45) is 0. The first kappa shape index (κ1) is 23.6. The van der Waals surface area contributed by atoms with Crippen molar-refractivity contribution in [2.45, 2.75) is 18.7 Å². The number of hydrogen-bond donors (Lipinski definition) is 1. The number of anilines is 2. The van der Waals surface area contributed by atoms with Gasteiger partial charge in [0, 0.05) is 5.69 Å². The van der Waals surface area contributed by atoms with E-state index in [2.05, 4.69) is 5.32 Å². The molecule has 0 saturated carbocycles. The molecule has 0 spiro atoms. The number of carbonyl (C=O) groups excluding carboxylic acids is 1. The van der Waals surface area contributed by atoms with Gasteiger partial charge in [-0.3, -0.25) is 9.10 Å². The number of halogens is 2. The molecule has 168 valence electrons. The van der Waals surface area contributed by atoms with Gasteiger partial charge in [-0.2, -0.15) is 0 Å². The molecule has 0 aromatic heterocycles. The SMILES string of the molecule is COc1ccc(C)cc1S(=O)(=O)N(CC(=O)Nc1ccc(F)c(Cl)c1)c1ccc(C)cc1. The van der Waals surface area contributed by atoms with Gasteiger partial charge in [0.05, 0.1) is 17.8 Å². The number of sulfonamides is 1. The van der Waals surface area contributed by atoms with Crippen molar-refractivity contribution in [3.05, 3.63) is 82.6 Å². The third kappa shape index (κ3) is 5.20. The van der Waals surface area contributed by atoms with Crippen LogP contribution in [0.25, 0.3) is 0 Å². The van der Waals surface area contributed by atoms with E-state index in [1.807, 2.05) is 6.92 Å². The topological polar surface area (TPSA) is 75.7 Å². The van der Waals surface area contributed by atoms with Gasteiger partial charge in [0.1, 0.15) is 23.0 Å². The van der Waals surface area contributed by atoms with Gasteiger partial charge in [-0.15, -0.1) is 0 Å². The minimum atomic E-state index is -4.17. The molecule has 3 aromatic carbocycles. The van der Waals surface area contributed by atoms with E-state index >= 15 is 0 Å². The highest BCUT2D eigenvalue weighted by Gasteiger charge is 2.30. The zero-order valence-electron chi connectivity index (χ0n) is 17.7. The van der Waals surface area contributed by atoms with Crippen LogP contribution in [-0.2, 0) is 14.8 Å². The minimum absolute atomic E-state index is 0.0572. The Morgan fingerprint density at radius 1 is 1.03 bits per heavy atom. The van der Waals surface area contributed by atoms with E-state index in [1.165, 1.54) is 25.3 Å². The van der Waals surface area contributed by atoms with Crippen LogP contribution in [0.1, 0.15) is 11.1 Å². The number of nitrogens with one attached hydrogen (secondary N) is 1. The van der Waals surface area contributed by atoms with Crippen molar-refractivity contribution in [3.63, 3.8) is 0 Å². The number of nitrogens with zero attached hydrogens (tertiary/aromatic N) is 1.